The highest BCUT2D eigenvalue weighted by Gasteiger charge is 2.22. The molecular formula is C15H14N4O. The molecule has 3 aromatic rings. The molecule has 0 bridgehead atoms. The van der Waals surface area contributed by atoms with Crippen LogP contribution in [-0.2, 0) is 11.8 Å². The van der Waals surface area contributed by atoms with Crippen molar-refractivity contribution in [1.29, 1.82) is 0 Å². The molecule has 0 amide bonds. The topological polar surface area (TPSA) is 55.3 Å². The number of aryl methyl sites for hydroxylation is 1. The van der Waals surface area contributed by atoms with Crippen LogP contribution in [0.1, 0.15) is 0 Å². The predicted octanol–water partition coefficient (Wildman–Crippen LogP) is 2.40. The second-order valence-electron chi connectivity index (χ2n) is 4.93. The Morgan fingerprint density at radius 3 is 3.05 bits per heavy atom. The van der Waals surface area contributed by atoms with E-state index in [9.17, 15) is 0 Å². The van der Waals surface area contributed by atoms with Gasteiger partial charge in [-0.15, -0.1) is 0 Å². The molecule has 1 aromatic carbocycles. The molecule has 0 saturated carbocycles. The van der Waals surface area contributed by atoms with E-state index in [1.807, 2.05) is 42.2 Å². The molecule has 1 fully saturated rings. The summed E-state index contributed by atoms with van der Waals surface area (Å²) in [5.41, 5.74) is 4.13. The fraction of sp³-hybridized carbons (Fsp3) is 0.200. The minimum atomic E-state index is 0.123. The maximum Gasteiger partial charge on any atom is 0.152 e. The molecule has 3 heterocycles. The van der Waals surface area contributed by atoms with Gasteiger partial charge in [-0.1, -0.05) is 12.1 Å². The second kappa shape index (κ2) is 4.31. The molecular weight excluding hydrogens is 252 g/mol. The number of nitrogens with one attached hydrogen (secondary N) is 1. The van der Waals surface area contributed by atoms with Gasteiger partial charge in [0.1, 0.15) is 5.82 Å². The van der Waals surface area contributed by atoms with E-state index in [4.69, 9.17) is 4.74 Å². The van der Waals surface area contributed by atoms with Gasteiger partial charge in [-0.05, 0) is 24.3 Å². The third kappa shape index (κ3) is 2.02. The number of fused-ring (bicyclic) bond motifs is 1. The van der Waals surface area contributed by atoms with Crippen LogP contribution in [0, 0.1) is 0 Å². The van der Waals surface area contributed by atoms with Gasteiger partial charge < -0.3 is 14.6 Å². The normalized spacial score (nSPS) is 17.4. The van der Waals surface area contributed by atoms with Crippen LogP contribution in [0.3, 0.4) is 0 Å². The fourth-order valence-corrected chi connectivity index (χ4v) is 2.26. The van der Waals surface area contributed by atoms with Crippen molar-refractivity contribution < 1.29 is 4.74 Å². The maximum absolute atomic E-state index is 5.16. The molecule has 1 aliphatic rings. The van der Waals surface area contributed by atoms with Crippen molar-refractivity contribution >= 4 is 16.9 Å². The lowest BCUT2D eigenvalue weighted by atomic mass is 10.1. The average molecular weight is 266 g/mol. The molecule has 1 atom stereocenters. The Kier molecular flexibility index (Phi) is 2.47. The highest BCUT2D eigenvalue weighted by Crippen LogP contribution is 2.24. The summed E-state index contributed by atoms with van der Waals surface area (Å²) in [6.45, 7) is 0.757. The van der Waals surface area contributed by atoms with E-state index in [-0.39, 0.29) is 6.23 Å². The number of nitrogens with zero attached hydrogens (tertiary/aromatic N) is 3. The monoisotopic (exact) mass is 266 g/mol. The minimum absolute atomic E-state index is 0.123. The number of pyridine rings is 1. The van der Waals surface area contributed by atoms with E-state index in [1.165, 1.54) is 0 Å². The number of anilines is 1. The summed E-state index contributed by atoms with van der Waals surface area (Å²) < 4.78 is 7.17. The van der Waals surface area contributed by atoms with Crippen molar-refractivity contribution in [3.05, 3.63) is 42.7 Å². The smallest absolute Gasteiger partial charge is 0.152 e. The van der Waals surface area contributed by atoms with E-state index in [0.29, 0.717) is 0 Å². The Morgan fingerprint density at radius 2 is 2.20 bits per heavy atom. The minimum Gasteiger partial charge on any atom is -0.351 e. The van der Waals surface area contributed by atoms with Gasteiger partial charge in [0.25, 0.3) is 0 Å². The first kappa shape index (κ1) is 11.4. The Morgan fingerprint density at radius 1 is 1.30 bits per heavy atom. The van der Waals surface area contributed by atoms with Crippen LogP contribution in [0.25, 0.3) is 22.3 Å². The first-order valence-electron chi connectivity index (χ1n) is 6.56. The van der Waals surface area contributed by atoms with Crippen molar-refractivity contribution in [3.63, 3.8) is 0 Å². The summed E-state index contributed by atoms with van der Waals surface area (Å²) in [7, 11) is 1.99. The number of aromatic nitrogens is 3. The van der Waals surface area contributed by atoms with E-state index in [1.54, 1.807) is 0 Å². The quantitative estimate of drug-likeness (QED) is 0.740. The van der Waals surface area contributed by atoms with E-state index >= 15 is 0 Å². The standard InChI is InChI=1S/C15H14N4O/c1-19-9-16-12-6-5-10(7-13(12)19)11-3-2-4-14(17-11)18-15-8-20-15/h2-7,9,15H,8H2,1H3,(H,17,18). The molecule has 4 rings (SSSR count). The highest BCUT2D eigenvalue weighted by atomic mass is 16.6. The van der Waals surface area contributed by atoms with Crippen molar-refractivity contribution in [2.45, 2.75) is 6.23 Å². The maximum atomic E-state index is 5.16. The Labute approximate surface area is 116 Å². The van der Waals surface area contributed by atoms with Gasteiger partial charge >= 0.3 is 0 Å². The summed E-state index contributed by atoms with van der Waals surface area (Å²) in [6, 6.07) is 12.2. The van der Waals surface area contributed by atoms with Gasteiger partial charge in [0.05, 0.1) is 29.7 Å². The zero-order chi connectivity index (χ0) is 13.5. The van der Waals surface area contributed by atoms with Gasteiger partial charge in [0, 0.05) is 12.6 Å². The Bertz CT molecular complexity index is 776. The molecule has 5 heteroatoms. The van der Waals surface area contributed by atoms with Crippen LogP contribution >= 0.6 is 0 Å². The molecule has 0 radical (unpaired) electrons. The number of hydrogen-bond donors (Lipinski definition) is 1. The van der Waals surface area contributed by atoms with Crippen molar-refractivity contribution in [2.75, 3.05) is 11.9 Å². The van der Waals surface area contributed by atoms with Crippen molar-refractivity contribution in [3.8, 4) is 11.3 Å². The second-order valence-corrected chi connectivity index (χ2v) is 4.93. The lowest BCUT2D eigenvalue weighted by Gasteiger charge is -2.06. The van der Waals surface area contributed by atoms with Crippen LogP contribution in [0.2, 0.25) is 0 Å². The Balaban J connectivity index is 1.75. The van der Waals surface area contributed by atoms with E-state index in [0.717, 1.165) is 34.7 Å². The molecule has 5 nitrogen and oxygen atoms in total. The largest absolute Gasteiger partial charge is 0.351 e. The van der Waals surface area contributed by atoms with Crippen molar-refractivity contribution in [1.82, 2.24) is 14.5 Å². The van der Waals surface area contributed by atoms with Gasteiger partial charge in [-0.2, -0.15) is 0 Å². The first-order valence-corrected chi connectivity index (χ1v) is 6.56. The average Bonchev–Trinajstić information content (AvgIpc) is 3.21. The zero-order valence-corrected chi connectivity index (χ0v) is 11.1. The number of epoxide rings is 1. The van der Waals surface area contributed by atoms with Gasteiger partial charge in [0.15, 0.2) is 6.23 Å². The predicted molar refractivity (Wildman–Crippen MR) is 77.3 cm³/mol. The molecule has 0 spiro atoms. The van der Waals surface area contributed by atoms with Crippen LogP contribution in [0.15, 0.2) is 42.7 Å². The lowest BCUT2D eigenvalue weighted by Crippen LogP contribution is -2.04. The van der Waals surface area contributed by atoms with Crippen LogP contribution < -0.4 is 5.32 Å². The molecule has 20 heavy (non-hydrogen) atoms. The molecule has 2 aromatic heterocycles. The molecule has 1 saturated heterocycles. The molecule has 100 valence electrons. The molecule has 1 unspecified atom stereocenters. The number of hydrogen-bond acceptors (Lipinski definition) is 4. The zero-order valence-electron chi connectivity index (χ0n) is 11.1. The molecule has 0 aliphatic carbocycles. The summed E-state index contributed by atoms with van der Waals surface area (Å²) in [6.07, 6.45) is 1.95. The van der Waals surface area contributed by atoms with Crippen LogP contribution in [0.5, 0.6) is 0 Å². The van der Waals surface area contributed by atoms with Gasteiger partial charge in [-0.3, -0.25) is 0 Å². The number of benzene rings is 1. The molecule has 1 aliphatic heterocycles. The Hall–Kier alpha value is -2.40. The summed E-state index contributed by atoms with van der Waals surface area (Å²) >= 11 is 0. The van der Waals surface area contributed by atoms with E-state index in [2.05, 4.69) is 27.4 Å². The van der Waals surface area contributed by atoms with Gasteiger partial charge in [0.2, 0.25) is 0 Å². The number of rotatable bonds is 3. The van der Waals surface area contributed by atoms with Crippen LogP contribution in [-0.4, -0.2) is 27.4 Å². The van der Waals surface area contributed by atoms with E-state index < -0.39 is 0 Å². The number of ether oxygens (including phenoxy) is 1. The summed E-state index contributed by atoms with van der Waals surface area (Å²) in [5.74, 6) is 0.843. The fourth-order valence-electron chi connectivity index (χ4n) is 2.26. The number of imidazole rings is 1. The summed E-state index contributed by atoms with van der Waals surface area (Å²) in [5, 5.41) is 3.22. The lowest BCUT2D eigenvalue weighted by molar-refractivity contribution is 0.427. The van der Waals surface area contributed by atoms with Gasteiger partial charge in [-0.25, -0.2) is 9.97 Å². The SMILES string of the molecule is Cn1cnc2ccc(-c3cccc(NC4CO4)n3)cc21. The molecule has 1 N–H and O–H groups in total. The van der Waals surface area contributed by atoms with Crippen molar-refractivity contribution in [2.24, 2.45) is 7.05 Å². The summed E-state index contributed by atoms with van der Waals surface area (Å²) in [4.78, 5) is 8.96. The first-order chi connectivity index (χ1) is 9.79. The highest BCUT2D eigenvalue weighted by molar-refractivity contribution is 5.81. The third-order valence-electron chi connectivity index (χ3n) is 3.41. The third-order valence-corrected chi connectivity index (χ3v) is 3.41. The van der Waals surface area contributed by atoms with Crippen LogP contribution in [0.4, 0.5) is 5.82 Å².